The number of nitriles is 1. The van der Waals surface area contributed by atoms with Gasteiger partial charge in [-0.2, -0.15) is 5.26 Å². The Morgan fingerprint density at radius 3 is 2.46 bits per heavy atom. The summed E-state index contributed by atoms with van der Waals surface area (Å²) in [6.45, 7) is 3.69. The van der Waals surface area contributed by atoms with Gasteiger partial charge in [0.2, 0.25) is 0 Å². The van der Waals surface area contributed by atoms with Crippen LogP contribution in [-0.2, 0) is 5.41 Å². The molecule has 0 aromatic carbocycles. The molecule has 3 nitrogen and oxygen atoms in total. The Kier molecular flexibility index (Phi) is 3.70. The van der Waals surface area contributed by atoms with Crippen molar-refractivity contribution in [2.24, 2.45) is 0 Å². The van der Waals surface area contributed by atoms with Gasteiger partial charge in [-0.1, -0.05) is 6.07 Å². The minimum absolute atomic E-state index is 0. The van der Waals surface area contributed by atoms with E-state index in [1.165, 1.54) is 0 Å². The third-order valence-corrected chi connectivity index (χ3v) is 1.79. The predicted molar refractivity (Wildman–Crippen MR) is 54.5 cm³/mol. The number of halogens is 1. The summed E-state index contributed by atoms with van der Waals surface area (Å²) in [4.78, 5) is 3.92. The predicted octanol–water partition coefficient (Wildman–Crippen LogP) is 1.89. The van der Waals surface area contributed by atoms with Crippen molar-refractivity contribution < 1.29 is 0 Å². The monoisotopic (exact) mass is 197 g/mol. The average Bonchev–Trinajstić information content (AvgIpc) is 2.05. The maximum absolute atomic E-state index is 8.81. The number of aromatic nitrogens is 1. The summed E-state index contributed by atoms with van der Waals surface area (Å²) in [5, 5.41) is 8.81. The lowest BCUT2D eigenvalue weighted by Gasteiger charge is -2.14. The summed E-state index contributed by atoms with van der Waals surface area (Å²) in [6, 6.07) is 5.72. The highest BCUT2D eigenvalue weighted by Gasteiger charge is 2.19. The molecule has 4 heteroatoms. The molecule has 0 spiro atoms. The van der Waals surface area contributed by atoms with Gasteiger partial charge < -0.3 is 5.73 Å². The van der Waals surface area contributed by atoms with E-state index < -0.39 is 5.41 Å². The van der Waals surface area contributed by atoms with Crippen molar-refractivity contribution in [3.8, 4) is 6.07 Å². The van der Waals surface area contributed by atoms with Crippen LogP contribution in [0.3, 0.4) is 0 Å². The molecule has 0 amide bonds. The molecule has 1 aromatic heterocycles. The highest BCUT2D eigenvalue weighted by atomic mass is 35.5. The van der Waals surface area contributed by atoms with Crippen LogP contribution in [0.25, 0.3) is 0 Å². The van der Waals surface area contributed by atoms with Gasteiger partial charge in [-0.25, -0.2) is 4.98 Å². The van der Waals surface area contributed by atoms with Crippen LogP contribution in [0.4, 0.5) is 5.82 Å². The van der Waals surface area contributed by atoms with Crippen molar-refractivity contribution in [3.63, 3.8) is 0 Å². The fourth-order valence-electron chi connectivity index (χ4n) is 0.840. The molecular formula is C9H12ClN3. The van der Waals surface area contributed by atoms with Gasteiger partial charge in [0.05, 0.1) is 11.5 Å². The molecule has 0 bridgehead atoms. The summed E-state index contributed by atoms with van der Waals surface area (Å²) in [5.74, 6) is 0.479. The molecule has 0 fully saturated rings. The number of hydrogen-bond acceptors (Lipinski definition) is 3. The highest BCUT2D eigenvalue weighted by Crippen LogP contribution is 2.21. The van der Waals surface area contributed by atoms with Crippen LogP contribution in [0, 0.1) is 11.3 Å². The molecule has 0 saturated heterocycles. The van der Waals surface area contributed by atoms with E-state index >= 15 is 0 Å². The lowest BCUT2D eigenvalue weighted by Crippen LogP contribution is -2.14. The van der Waals surface area contributed by atoms with E-state index in [1.807, 2.05) is 19.9 Å². The van der Waals surface area contributed by atoms with Crippen LogP contribution >= 0.6 is 12.4 Å². The fraction of sp³-hybridized carbons (Fsp3) is 0.333. The fourth-order valence-corrected chi connectivity index (χ4v) is 0.840. The van der Waals surface area contributed by atoms with Crippen LogP contribution < -0.4 is 5.73 Å². The number of anilines is 1. The van der Waals surface area contributed by atoms with Gasteiger partial charge in [0.15, 0.2) is 0 Å². The van der Waals surface area contributed by atoms with Crippen LogP contribution in [0.1, 0.15) is 19.4 Å². The molecule has 1 rings (SSSR count). The molecule has 0 aliphatic carbocycles. The number of nitrogens with zero attached hydrogens (tertiary/aromatic N) is 2. The van der Waals surface area contributed by atoms with Crippen LogP contribution in [0.15, 0.2) is 18.3 Å². The molecule has 2 N–H and O–H groups in total. The number of pyridine rings is 1. The first-order valence-corrected chi connectivity index (χ1v) is 3.69. The molecule has 0 saturated carbocycles. The Labute approximate surface area is 84.0 Å². The van der Waals surface area contributed by atoms with E-state index in [1.54, 1.807) is 12.3 Å². The zero-order valence-corrected chi connectivity index (χ0v) is 8.43. The standard InChI is InChI=1S/C9H11N3.ClH/c1-9(2,6-10)7-3-4-8(11)12-5-7;/h3-5H,1-2H3,(H2,11,12);1H. The highest BCUT2D eigenvalue weighted by molar-refractivity contribution is 5.85. The molecule has 1 heterocycles. The maximum Gasteiger partial charge on any atom is 0.123 e. The first kappa shape index (κ1) is 11.7. The zero-order chi connectivity index (χ0) is 9.19. The van der Waals surface area contributed by atoms with Gasteiger partial charge in [0.25, 0.3) is 0 Å². The van der Waals surface area contributed by atoms with Crippen molar-refractivity contribution in [3.05, 3.63) is 23.9 Å². The smallest absolute Gasteiger partial charge is 0.123 e. The Hall–Kier alpha value is -1.27. The van der Waals surface area contributed by atoms with E-state index in [0.29, 0.717) is 5.82 Å². The summed E-state index contributed by atoms with van der Waals surface area (Å²) < 4.78 is 0. The second kappa shape index (κ2) is 4.11. The van der Waals surface area contributed by atoms with Gasteiger partial charge in [-0.3, -0.25) is 0 Å². The molecule has 13 heavy (non-hydrogen) atoms. The van der Waals surface area contributed by atoms with Gasteiger partial charge >= 0.3 is 0 Å². The second-order valence-electron chi connectivity index (χ2n) is 3.21. The lowest BCUT2D eigenvalue weighted by atomic mass is 9.88. The third kappa shape index (κ3) is 2.60. The number of nitrogens with two attached hydrogens (primary N) is 1. The first-order chi connectivity index (χ1) is 5.56. The third-order valence-electron chi connectivity index (χ3n) is 1.79. The van der Waals surface area contributed by atoms with Crippen molar-refractivity contribution in [1.82, 2.24) is 4.98 Å². The van der Waals surface area contributed by atoms with E-state index in [2.05, 4.69) is 11.1 Å². The summed E-state index contributed by atoms with van der Waals surface area (Å²) in [6.07, 6.45) is 1.64. The summed E-state index contributed by atoms with van der Waals surface area (Å²) >= 11 is 0. The van der Waals surface area contributed by atoms with Crippen molar-refractivity contribution in [2.45, 2.75) is 19.3 Å². The first-order valence-electron chi connectivity index (χ1n) is 3.69. The largest absolute Gasteiger partial charge is 0.384 e. The average molecular weight is 198 g/mol. The molecule has 1 aromatic rings. The Morgan fingerprint density at radius 1 is 1.46 bits per heavy atom. The Bertz CT molecular complexity index is 311. The van der Waals surface area contributed by atoms with Crippen molar-refractivity contribution >= 4 is 18.2 Å². The van der Waals surface area contributed by atoms with Gasteiger partial charge in [0.1, 0.15) is 5.82 Å². The molecule has 0 unspecified atom stereocenters. The van der Waals surface area contributed by atoms with E-state index in [4.69, 9.17) is 11.0 Å². The van der Waals surface area contributed by atoms with E-state index in [-0.39, 0.29) is 12.4 Å². The topological polar surface area (TPSA) is 62.7 Å². The second-order valence-corrected chi connectivity index (χ2v) is 3.21. The molecule has 0 aliphatic heterocycles. The quantitative estimate of drug-likeness (QED) is 0.748. The molecule has 0 aliphatic rings. The van der Waals surface area contributed by atoms with E-state index in [9.17, 15) is 0 Å². The summed E-state index contributed by atoms with van der Waals surface area (Å²) in [5.41, 5.74) is 5.82. The van der Waals surface area contributed by atoms with Gasteiger partial charge in [-0.05, 0) is 25.5 Å². The Morgan fingerprint density at radius 2 is 2.08 bits per heavy atom. The lowest BCUT2D eigenvalue weighted by molar-refractivity contribution is 0.683. The SMILES string of the molecule is CC(C)(C#N)c1ccc(N)nc1.Cl. The van der Waals surface area contributed by atoms with Gasteiger partial charge in [0, 0.05) is 6.20 Å². The molecular weight excluding hydrogens is 186 g/mol. The minimum Gasteiger partial charge on any atom is -0.384 e. The van der Waals surface area contributed by atoms with Crippen LogP contribution in [-0.4, -0.2) is 4.98 Å². The molecule has 0 atom stereocenters. The number of nitrogen functional groups attached to an aromatic ring is 1. The molecule has 0 radical (unpaired) electrons. The zero-order valence-electron chi connectivity index (χ0n) is 7.61. The minimum atomic E-state index is -0.485. The van der Waals surface area contributed by atoms with Crippen LogP contribution in [0.5, 0.6) is 0 Å². The van der Waals surface area contributed by atoms with Crippen molar-refractivity contribution in [1.29, 1.82) is 5.26 Å². The maximum atomic E-state index is 8.81. The Balaban J connectivity index is 0.00000144. The van der Waals surface area contributed by atoms with Gasteiger partial charge in [-0.15, -0.1) is 12.4 Å². The molecule has 70 valence electrons. The van der Waals surface area contributed by atoms with Crippen LogP contribution in [0.2, 0.25) is 0 Å². The van der Waals surface area contributed by atoms with E-state index in [0.717, 1.165) is 5.56 Å². The normalized spacial score (nSPS) is 9.92. The summed E-state index contributed by atoms with van der Waals surface area (Å²) in [7, 11) is 0. The number of hydrogen-bond donors (Lipinski definition) is 1. The van der Waals surface area contributed by atoms with Crippen molar-refractivity contribution in [2.75, 3.05) is 5.73 Å². The number of rotatable bonds is 1.